The van der Waals surface area contributed by atoms with Gasteiger partial charge in [0.2, 0.25) is 0 Å². The highest BCUT2D eigenvalue weighted by atomic mass is 16.7. The molecule has 1 fully saturated rings. The number of benzene rings is 1. The lowest BCUT2D eigenvalue weighted by Gasteiger charge is -2.10. The van der Waals surface area contributed by atoms with Gasteiger partial charge < -0.3 is 14.2 Å². The van der Waals surface area contributed by atoms with Gasteiger partial charge in [-0.25, -0.2) is 0 Å². The zero-order valence-corrected chi connectivity index (χ0v) is 14.3. The van der Waals surface area contributed by atoms with Gasteiger partial charge in [-0.15, -0.1) is 0 Å². The van der Waals surface area contributed by atoms with E-state index in [-0.39, 0.29) is 6.29 Å². The van der Waals surface area contributed by atoms with E-state index in [4.69, 9.17) is 14.2 Å². The molecule has 1 heterocycles. The van der Waals surface area contributed by atoms with Crippen molar-refractivity contribution in [1.82, 2.24) is 0 Å². The molecule has 1 aromatic carbocycles. The van der Waals surface area contributed by atoms with Crippen LogP contribution in [0.3, 0.4) is 0 Å². The van der Waals surface area contributed by atoms with Crippen LogP contribution in [0.1, 0.15) is 57.4 Å². The van der Waals surface area contributed by atoms with Gasteiger partial charge in [0.05, 0.1) is 6.61 Å². The zero-order chi connectivity index (χ0) is 16.2. The van der Waals surface area contributed by atoms with Gasteiger partial charge in [0.25, 0.3) is 0 Å². The Morgan fingerprint density at radius 1 is 1.09 bits per heavy atom. The quantitative estimate of drug-likeness (QED) is 0.416. The summed E-state index contributed by atoms with van der Waals surface area (Å²) in [4.78, 5) is 0. The van der Waals surface area contributed by atoms with Crippen molar-refractivity contribution in [2.75, 3.05) is 20.0 Å². The predicted octanol–water partition coefficient (Wildman–Crippen LogP) is 5.17. The summed E-state index contributed by atoms with van der Waals surface area (Å²) in [6.45, 7) is 4.01. The van der Waals surface area contributed by atoms with Crippen molar-refractivity contribution in [2.45, 2.75) is 58.2 Å². The molecule has 3 heteroatoms. The third-order valence-corrected chi connectivity index (χ3v) is 4.03. The molecule has 0 radical (unpaired) electrons. The minimum absolute atomic E-state index is 0.158. The first-order chi connectivity index (χ1) is 11.4. The predicted molar refractivity (Wildman–Crippen MR) is 94.1 cm³/mol. The number of unbranched alkanes of at least 4 members (excludes halogenated alkanes) is 5. The monoisotopic (exact) mass is 318 g/mol. The van der Waals surface area contributed by atoms with E-state index >= 15 is 0 Å². The molecule has 1 aliphatic rings. The summed E-state index contributed by atoms with van der Waals surface area (Å²) in [5.74, 6) is 0. The molecule has 0 bridgehead atoms. The number of hydrogen-bond donors (Lipinski definition) is 0. The Balaban J connectivity index is 1.50. The Kier molecular flexibility index (Phi) is 9.00. The van der Waals surface area contributed by atoms with Crippen LogP contribution in [0, 0.1) is 0 Å². The Morgan fingerprint density at radius 3 is 2.70 bits per heavy atom. The molecule has 23 heavy (non-hydrogen) atoms. The zero-order valence-electron chi connectivity index (χ0n) is 14.3. The minimum atomic E-state index is -0.158. The van der Waals surface area contributed by atoms with E-state index in [2.05, 4.69) is 25.1 Å². The van der Waals surface area contributed by atoms with Gasteiger partial charge in [0.1, 0.15) is 6.79 Å². The average Bonchev–Trinajstić information content (AvgIpc) is 3.01. The fraction of sp³-hybridized carbons (Fsp3) is 0.600. The highest BCUT2D eigenvalue weighted by Gasteiger charge is 2.20. The number of ether oxygens (including phenoxy) is 3. The lowest BCUT2D eigenvalue weighted by Crippen LogP contribution is -2.13. The average molecular weight is 318 g/mol. The molecule has 1 aromatic rings. The third-order valence-electron chi connectivity index (χ3n) is 4.03. The molecule has 0 N–H and O–H groups in total. The van der Waals surface area contributed by atoms with Gasteiger partial charge in [-0.05, 0) is 17.6 Å². The maximum Gasteiger partial charge on any atom is 0.164 e. The first-order valence-corrected chi connectivity index (χ1v) is 8.94. The van der Waals surface area contributed by atoms with Crippen LogP contribution in [0.4, 0.5) is 0 Å². The molecule has 0 amide bonds. The van der Waals surface area contributed by atoms with Gasteiger partial charge in [-0.2, -0.15) is 0 Å². The number of rotatable bonds is 11. The second-order valence-electron chi connectivity index (χ2n) is 6.12. The Bertz CT molecular complexity index is 441. The summed E-state index contributed by atoms with van der Waals surface area (Å²) in [6.07, 6.45) is 10.5. The van der Waals surface area contributed by atoms with Crippen molar-refractivity contribution < 1.29 is 14.2 Å². The maximum absolute atomic E-state index is 5.64. The molecule has 0 spiro atoms. The molecule has 1 saturated heterocycles. The van der Waals surface area contributed by atoms with Crippen molar-refractivity contribution in [3.63, 3.8) is 0 Å². The van der Waals surface area contributed by atoms with Crippen LogP contribution >= 0.6 is 0 Å². The minimum Gasteiger partial charge on any atom is -0.355 e. The second-order valence-corrected chi connectivity index (χ2v) is 6.12. The molecule has 2 rings (SSSR count). The van der Waals surface area contributed by atoms with Crippen LogP contribution in [0.5, 0.6) is 0 Å². The Morgan fingerprint density at radius 2 is 1.87 bits per heavy atom. The van der Waals surface area contributed by atoms with Gasteiger partial charge in [0.15, 0.2) is 6.29 Å². The van der Waals surface area contributed by atoms with Crippen molar-refractivity contribution in [1.29, 1.82) is 0 Å². The molecular formula is C20H30O3. The summed E-state index contributed by atoms with van der Waals surface area (Å²) < 4.78 is 16.8. The Hall–Kier alpha value is -1.16. The van der Waals surface area contributed by atoms with Crippen LogP contribution in [0.15, 0.2) is 35.9 Å². The van der Waals surface area contributed by atoms with Crippen LogP contribution < -0.4 is 0 Å². The largest absolute Gasteiger partial charge is 0.355 e. The summed E-state index contributed by atoms with van der Waals surface area (Å²) in [5.41, 5.74) is 2.49. The van der Waals surface area contributed by atoms with E-state index in [1.54, 1.807) is 0 Å². The summed E-state index contributed by atoms with van der Waals surface area (Å²) in [7, 11) is 0. The summed E-state index contributed by atoms with van der Waals surface area (Å²) in [5, 5.41) is 0. The van der Waals surface area contributed by atoms with E-state index in [1.807, 2.05) is 18.2 Å². The van der Waals surface area contributed by atoms with Crippen LogP contribution in [0.25, 0.3) is 6.08 Å². The van der Waals surface area contributed by atoms with E-state index in [1.165, 1.54) is 43.2 Å². The molecule has 1 aliphatic heterocycles. The van der Waals surface area contributed by atoms with Gasteiger partial charge in [-0.1, -0.05) is 75.4 Å². The normalized spacial score (nSPS) is 19.5. The van der Waals surface area contributed by atoms with Gasteiger partial charge >= 0.3 is 0 Å². The van der Waals surface area contributed by atoms with E-state index < -0.39 is 0 Å². The van der Waals surface area contributed by atoms with Crippen LogP contribution in [-0.4, -0.2) is 26.3 Å². The molecule has 0 saturated carbocycles. The number of hydrogen-bond acceptors (Lipinski definition) is 3. The lowest BCUT2D eigenvalue weighted by molar-refractivity contribution is -0.174. The highest BCUT2D eigenvalue weighted by molar-refractivity contribution is 5.53. The molecule has 128 valence electrons. The van der Waals surface area contributed by atoms with Crippen molar-refractivity contribution in [3.05, 3.63) is 41.5 Å². The molecule has 0 unspecified atom stereocenters. The standard InChI is InChI=1S/C20H30O3/c1-2-3-4-5-6-10-13-21-17-23-20-15-19(16-22-20)14-18-11-8-7-9-12-18/h7-9,11-12,14,20H,2-6,10,13,15-17H2,1H3/b19-14-/t20-/m0/s1. The lowest BCUT2D eigenvalue weighted by atomic mass is 10.1. The topological polar surface area (TPSA) is 27.7 Å². The smallest absolute Gasteiger partial charge is 0.164 e. The molecule has 3 nitrogen and oxygen atoms in total. The Labute approximate surface area is 140 Å². The molecule has 1 atom stereocenters. The third kappa shape index (κ3) is 7.78. The molecule has 0 aromatic heterocycles. The molecular weight excluding hydrogens is 288 g/mol. The summed E-state index contributed by atoms with van der Waals surface area (Å²) >= 11 is 0. The van der Waals surface area contributed by atoms with Crippen molar-refractivity contribution >= 4 is 6.08 Å². The van der Waals surface area contributed by atoms with Gasteiger partial charge in [0, 0.05) is 13.0 Å². The van der Waals surface area contributed by atoms with E-state index in [9.17, 15) is 0 Å². The van der Waals surface area contributed by atoms with E-state index in [0.29, 0.717) is 13.4 Å². The second kappa shape index (κ2) is 11.4. The fourth-order valence-corrected chi connectivity index (χ4v) is 2.69. The first kappa shape index (κ1) is 18.2. The SMILES string of the molecule is CCCCCCCCOCO[C@H]1C/C(=C/c2ccccc2)CO1. The van der Waals surface area contributed by atoms with E-state index in [0.717, 1.165) is 19.4 Å². The van der Waals surface area contributed by atoms with Crippen molar-refractivity contribution in [3.8, 4) is 0 Å². The van der Waals surface area contributed by atoms with Crippen LogP contribution in [-0.2, 0) is 14.2 Å². The molecule has 0 aliphatic carbocycles. The maximum atomic E-state index is 5.64. The van der Waals surface area contributed by atoms with Crippen LogP contribution in [0.2, 0.25) is 0 Å². The van der Waals surface area contributed by atoms with Crippen molar-refractivity contribution in [2.24, 2.45) is 0 Å². The first-order valence-electron chi connectivity index (χ1n) is 8.94. The highest BCUT2D eigenvalue weighted by Crippen LogP contribution is 2.22. The summed E-state index contributed by atoms with van der Waals surface area (Å²) in [6, 6.07) is 10.3. The fourth-order valence-electron chi connectivity index (χ4n) is 2.69. The van der Waals surface area contributed by atoms with Gasteiger partial charge in [-0.3, -0.25) is 0 Å².